The minimum Gasteiger partial charge on any atom is -0.388 e. The molecule has 1 aromatic heterocycles. The van der Waals surface area contributed by atoms with E-state index in [9.17, 15) is 5.11 Å². The number of nitrogens with two attached hydrogens (primary N) is 1. The maximum atomic E-state index is 11.0. The summed E-state index contributed by atoms with van der Waals surface area (Å²) in [4.78, 5) is 4.43. The second kappa shape index (κ2) is 5.56. The van der Waals surface area contributed by atoms with Gasteiger partial charge in [-0.25, -0.2) is 0 Å². The predicted octanol–water partition coefficient (Wildman–Crippen LogP) is 3.69. The first-order valence-corrected chi connectivity index (χ1v) is 7.86. The number of aliphatic hydroxyl groups excluding tert-OH is 1. The van der Waals surface area contributed by atoms with E-state index in [1.54, 1.807) is 6.20 Å². The molecule has 0 amide bonds. The summed E-state index contributed by atoms with van der Waals surface area (Å²) < 4.78 is 0. The van der Waals surface area contributed by atoms with Gasteiger partial charge in [-0.2, -0.15) is 0 Å². The molecule has 1 aliphatic carbocycles. The number of pyridine rings is 1. The van der Waals surface area contributed by atoms with Crippen molar-refractivity contribution in [2.75, 3.05) is 6.54 Å². The van der Waals surface area contributed by atoms with Gasteiger partial charge in [0, 0.05) is 34.1 Å². The number of nitrogens with zero attached hydrogens (tertiary/aromatic N) is 1. The van der Waals surface area contributed by atoms with Crippen LogP contribution in [0.25, 0.3) is 10.9 Å². The maximum Gasteiger partial charge on any atom is 0.0879 e. The normalized spacial score (nSPS) is 27.1. The Kier molecular flexibility index (Phi) is 3.91. The Bertz CT molecular complexity index is 660. The third-order valence-electron chi connectivity index (χ3n) is 4.92. The van der Waals surface area contributed by atoms with Gasteiger partial charge in [0.15, 0.2) is 0 Å². The SMILES string of the molecule is CC1CCC(CN)(C(O)c2ccc(Cl)c3cccnc23)C1. The average Bonchev–Trinajstić information content (AvgIpc) is 2.90. The maximum absolute atomic E-state index is 11.0. The van der Waals surface area contributed by atoms with Gasteiger partial charge in [0.25, 0.3) is 0 Å². The van der Waals surface area contributed by atoms with Crippen LogP contribution < -0.4 is 5.73 Å². The standard InChI is InChI=1S/C17H21ClN2O/c1-11-6-7-17(9-11,10-19)16(21)13-4-5-14(18)12-3-2-8-20-15(12)13/h2-5,8,11,16,21H,6-7,9-10,19H2,1H3. The van der Waals surface area contributed by atoms with Crippen molar-refractivity contribution < 1.29 is 5.11 Å². The fourth-order valence-corrected chi connectivity index (χ4v) is 3.90. The Morgan fingerprint density at radius 1 is 1.48 bits per heavy atom. The van der Waals surface area contributed by atoms with Crippen LogP contribution in [0.1, 0.15) is 37.9 Å². The highest BCUT2D eigenvalue weighted by Crippen LogP contribution is 2.50. The third-order valence-corrected chi connectivity index (χ3v) is 5.25. The molecule has 2 aromatic rings. The lowest BCUT2D eigenvalue weighted by Crippen LogP contribution is -2.34. The lowest BCUT2D eigenvalue weighted by atomic mass is 9.76. The molecule has 0 bridgehead atoms. The zero-order chi connectivity index (χ0) is 15.0. The van der Waals surface area contributed by atoms with Gasteiger partial charge < -0.3 is 10.8 Å². The Labute approximate surface area is 130 Å². The average molecular weight is 305 g/mol. The van der Waals surface area contributed by atoms with E-state index in [1.165, 1.54) is 0 Å². The van der Waals surface area contributed by atoms with Crippen LogP contribution in [0.2, 0.25) is 5.02 Å². The van der Waals surface area contributed by atoms with Crippen LogP contribution in [0.15, 0.2) is 30.5 Å². The summed E-state index contributed by atoms with van der Waals surface area (Å²) >= 11 is 6.24. The van der Waals surface area contributed by atoms with Crippen molar-refractivity contribution >= 4 is 22.5 Å². The molecule has 3 N–H and O–H groups in total. The number of halogens is 1. The molecule has 21 heavy (non-hydrogen) atoms. The molecule has 0 spiro atoms. The van der Waals surface area contributed by atoms with Crippen LogP contribution in [-0.4, -0.2) is 16.6 Å². The second-order valence-corrected chi connectivity index (χ2v) is 6.76. The Balaban J connectivity index is 2.10. The number of rotatable bonds is 3. The molecule has 4 heteroatoms. The van der Waals surface area contributed by atoms with E-state index in [0.717, 1.165) is 35.7 Å². The number of aromatic nitrogens is 1. The van der Waals surface area contributed by atoms with E-state index in [-0.39, 0.29) is 5.41 Å². The van der Waals surface area contributed by atoms with Crippen molar-refractivity contribution in [3.63, 3.8) is 0 Å². The van der Waals surface area contributed by atoms with Crippen molar-refractivity contribution in [2.24, 2.45) is 17.1 Å². The zero-order valence-corrected chi connectivity index (χ0v) is 13.0. The number of hydrogen-bond acceptors (Lipinski definition) is 3. The van der Waals surface area contributed by atoms with Crippen LogP contribution in [0.4, 0.5) is 0 Å². The molecule has 0 saturated heterocycles. The molecule has 3 nitrogen and oxygen atoms in total. The quantitative estimate of drug-likeness (QED) is 0.909. The monoisotopic (exact) mass is 304 g/mol. The fraction of sp³-hybridized carbons (Fsp3) is 0.471. The van der Waals surface area contributed by atoms with Crippen LogP contribution in [0, 0.1) is 11.3 Å². The van der Waals surface area contributed by atoms with Crippen molar-refractivity contribution in [2.45, 2.75) is 32.3 Å². The third kappa shape index (κ3) is 2.44. The first kappa shape index (κ1) is 14.8. The lowest BCUT2D eigenvalue weighted by molar-refractivity contribution is 0.0318. The molecule has 1 aromatic carbocycles. The molecule has 1 fully saturated rings. The fourth-order valence-electron chi connectivity index (χ4n) is 3.69. The summed E-state index contributed by atoms with van der Waals surface area (Å²) in [5.74, 6) is 0.606. The number of aliphatic hydroxyl groups is 1. The van der Waals surface area contributed by atoms with Gasteiger partial charge in [0.2, 0.25) is 0 Å². The molecule has 3 atom stereocenters. The number of hydrogen-bond donors (Lipinski definition) is 2. The Hall–Kier alpha value is -1.16. The highest BCUT2D eigenvalue weighted by Gasteiger charge is 2.43. The molecular weight excluding hydrogens is 284 g/mol. The number of fused-ring (bicyclic) bond motifs is 1. The highest BCUT2D eigenvalue weighted by atomic mass is 35.5. The Morgan fingerprint density at radius 2 is 2.29 bits per heavy atom. The summed E-state index contributed by atoms with van der Waals surface area (Å²) in [6.07, 6.45) is 4.18. The van der Waals surface area contributed by atoms with Gasteiger partial charge in [-0.3, -0.25) is 4.98 Å². The molecule has 1 saturated carbocycles. The predicted molar refractivity (Wildman–Crippen MR) is 86.2 cm³/mol. The summed E-state index contributed by atoms with van der Waals surface area (Å²) in [6, 6.07) is 7.53. The van der Waals surface area contributed by atoms with Crippen LogP contribution >= 0.6 is 11.6 Å². The highest BCUT2D eigenvalue weighted by molar-refractivity contribution is 6.35. The molecule has 0 radical (unpaired) electrons. The summed E-state index contributed by atoms with van der Waals surface area (Å²) in [5, 5.41) is 12.6. The van der Waals surface area contributed by atoms with Crippen LogP contribution in [0.5, 0.6) is 0 Å². The zero-order valence-electron chi connectivity index (χ0n) is 12.2. The van der Waals surface area contributed by atoms with E-state index in [0.29, 0.717) is 17.5 Å². The van der Waals surface area contributed by atoms with Crippen LogP contribution in [0.3, 0.4) is 0 Å². The van der Waals surface area contributed by atoms with Gasteiger partial charge in [-0.05, 0) is 37.0 Å². The van der Waals surface area contributed by atoms with Crippen molar-refractivity contribution in [3.05, 3.63) is 41.0 Å². The van der Waals surface area contributed by atoms with Gasteiger partial charge in [-0.1, -0.05) is 31.0 Å². The number of benzene rings is 1. The largest absolute Gasteiger partial charge is 0.388 e. The summed E-state index contributed by atoms with van der Waals surface area (Å²) in [6.45, 7) is 2.72. The minimum absolute atomic E-state index is 0.238. The minimum atomic E-state index is -0.595. The van der Waals surface area contributed by atoms with Crippen molar-refractivity contribution in [1.82, 2.24) is 4.98 Å². The van der Waals surface area contributed by atoms with Gasteiger partial charge >= 0.3 is 0 Å². The van der Waals surface area contributed by atoms with Crippen molar-refractivity contribution in [1.29, 1.82) is 0 Å². The molecule has 1 heterocycles. The van der Waals surface area contributed by atoms with E-state index in [1.807, 2.05) is 24.3 Å². The van der Waals surface area contributed by atoms with Gasteiger partial charge in [0.1, 0.15) is 0 Å². The summed E-state index contributed by atoms with van der Waals surface area (Å²) in [5.41, 5.74) is 7.42. The van der Waals surface area contributed by atoms with Crippen molar-refractivity contribution in [3.8, 4) is 0 Å². The van der Waals surface area contributed by atoms with E-state index in [2.05, 4.69) is 11.9 Å². The smallest absolute Gasteiger partial charge is 0.0879 e. The Morgan fingerprint density at radius 3 is 2.95 bits per heavy atom. The molecular formula is C17H21ClN2O. The molecule has 3 rings (SSSR count). The first-order chi connectivity index (χ1) is 10.1. The van der Waals surface area contributed by atoms with E-state index in [4.69, 9.17) is 17.3 Å². The van der Waals surface area contributed by atoms with E-state index < -0.39 is 6.10 Å². The molecule has 112 valence electrons. The summed E-state index contributed by atoms with van der Waals surface area (Å²) in [7, 11) is 0. The van der Waals surface area contributed by atoms with Crippen LogP contribution in [-0.2, 0) is 0 Å². The van der Waals surface area contributed by atoms with Gasteiger partial charge in [0.05, 0.1) is 11.6 Å². The second-order valence-electron chi connectivity index (χ2n) is 6.35. The van der Waals surface area contributed by atoms with Gasteiger partial charge in [-0.15, -0.1) is 0 Å². The molecule has 3 unspecified atom stereocenters. The molecule has 1 aliphatic rings. The molecule has 0 aliphatic heterocycles. The lowest BCUT2D eigenvalue weighted by Gasteiger charge is -2.34. The topological polar surface area (TPSA) is 59.1 Å². The first-order valence-electron chi connectivity index (χ1n) is 7.49. The van der Waals surface area contributed by atoms with E-state index >= 15 is 0 Å².